The van der Waals surface area contributed by atoms with E-state index >= 15 is 0 Å². The van der Waals surface area contributed by atoms with Gasteiger partial charge in [0.2, 0.25) is 0 Å². The van der Waals surface area contributed by atoms with Crippen molar-refractivity contribution in [2.45, 2.75) is 6.54 Å². The van der Waals surface area contributed by atoms with E-state index in [0.29, 0.717) is 23.2 Å². The number of rotatable bonds is 3. The van der Waals surface area contributed by atoms with Crippen LogP contribution in [0.15, 0.2) is 45.9 Å². The van der Waals surface area contributed by atoms with Crippen molar-refractivity contribution in [1.29, 1.82) is 0 Å². The average Bonchev–Trinajstić information content (AvgIpc) is 2.33. The van der Waals surface area contributed by atoms with Crippen LogP contribution in [0.4, 0.5) is 0 Å². The Kier molecular flexibility index (Phi) is 3.69. The highest BCUT2D eigenvalue weighted by atomic mass is 79.9. The van der Waals surface area contributed by atoms with Crippen LogP contribution in [0, 0.1) is 0 Å². The van der Waals surface area contributed by atoms with E-state index in [0.717, 1.165) is 10.0 Å². The fourth-order valence-corrected chi connectivity index (χ4v) is 2.00. The minimum absolute atomic E-state index is 0.0563. The molecule has 5 heteroatoms. The maximum atomic E-state index is 12.2. The van der Waals surface area contributed by atoms with Crippen molar-refractivity contribution in [3.63, 3.8) is 0 Å². The van der Waals surface area contributed by atoms with Crippen molar-refractivity contribution in [2.24, 2.45) is 0 Å². The van der Waals surface area contributed by atoms with Crippen molar-refractivity contribution in [2.75, 3.05) is 5.75 Å². The molecule has 1 heterocycles. The second-order valence-electron chi connectivity index (χ2n) is 3.75. The minimum atomic E-state index is -0.0563. The number of benzene rings is 1. The van der Waals surface area contributed by atoms with E-state index in [2.05, 4.69) is 40.1 Å². The van der Waals surface area contributed by atoms with Crippen LogP contribution < -0.4 is 5.56 Å². The summed E-state index contributed by atoms with van der Waals surface area (Å²) in [5, 5.41) is 0.605. The first-order chi connectivity index (χ1) is 8.11. The van der Waals surface area contributed by atoms with Crippen molar-refractivity contribution >= 4 is 39.5 Å². The van der Waals surface area contributed by atoms with Crippen LogP contribution in [-0.2, 0) is 6.54 Å². The molecule has 0 aliphatic carbocycles. The minimum Gasteiger partial charge on any atom is -0.295 e. The predicted octanol–water partition coefficient (Wildman–Crippen LogP) is 2.65. The van der Waals surface area contributed by atoms with Gasteiger partial charge in [-0.2, -0.15) is 12.6 Å². The van der Waals surface area contributed by atoms with Crippen molar-refractivity contribution < 1.29 is 0 Å². The lowest BCUT2D eigenvalue weighted by atomic mass is 10.2. The van der Waals surface area contributed by atoms with Crippen LogP contribution in [0.3, 0.4) is 0 Å². The zero-order valence-corrected chi connectivity index (χ0v) is 11.5. The molecule has 0 bridgehead atoms. The lowest BCUT2D eigenvalue weighted by Crippen LogP contribution is -2.21. The first kappa shape index (κ1) is 12.4. The molecule has 2 rings (SSSR count). The molecule has 17 heavy (non-hydrogen) atoms. The van der Waals surface area contributed by atoms with E-state index in [1.165, 1.54) is 0 Å². The van der Waals surface area contributed by atoms with Gasteiger partial charge in [-0.1, -0.05) is 22.5 Å². The molecule has 0 saturated heterocycles. The highest BCUT2D eigenvalue weighted by molar-refractivity contribution is 9.10. The Labute approximate surface area is 113 Å². The summed E-state index contributed by atoms with van der Waals surface area (Å²) >= 11 is 7.48. The number of nitrogens with zero attached hydrogens (tertiary/aromatic N) is 2. The second kappa shape index (κ2) is 5.06. The molecule has 0 N–H and O–H groups in total. The summed E-state index contributed by atoms with van der Waals surface area (Å²) in [7, 11) is 0. The van der Waals surface area contributed by atoms with Crippen LogP contribution in [0.1, 0.15) is 0 Å². The molecule has 0 fully saturated rings. The maximum absolute atomic E-state index is 12.2. The first-order valence-corrected chi connectivity index (χ1v) is 6.46. The Morgan fingerprint density at radius 3 is 3.00 bits per heavy atom. The molecule has 0 aliphatic heterocycles. The second-order valence-corrected chi connectivity index (χ2v) is 4.98. The molecular weight excluding hydrogens is 300 g/mol. The Hall–Kier alpha value is -1.07. The van der Waals surface area contributed by atoms with Gasteiger partial charge >= 0.3 is 0 Å². The summed E-state index contributed by atoms with van der Waals surface area (Å²) in [4.78, 5) is 16.4. The summed E-state index contributed by atoms with van der Waals surface area (Å²) in [6.45, 7) is 4.29. The molecule has 1 aromatic carbocycles. The third-order valence-electron chi connectivity index (χ3n) is 2.40. The predicted molar refractivity (Wildman–Crippen MR) is 76.7 cm³/mol. The highest BCUT2D eigenvalue weighted by Crippen LogP contribution is 2.14. The van der Waals surface area contributed by atoms with Gasteiger partial charge in [0, 0.05) is 16.8 Å². The number of thiol groups is 1. The van der Waals surface area contributed by atoms with Gasteiger partial charge in [-0.15, -0.1) is 0 Å². The van der Waals surface area contributed by atoms with Gasteiger partial charge in [0.15, 0.2) is 0 Å². The van der Waals surface area contributed by atoms with Gasteiger partial charge in [-0.25, -0.2) is 4.98 Å². The lowest BCUT2D eigenvalue weighted by Gasteiger charge is -2.07. The summed E-state index contributed by atoms with van der Waals surface area (Å²) < 4.78 is 2.42. The molecule has 0 aliphatic rings. The molecule has 3 nitrogen and oxygen atoms in total. The van der Waals surface area contributed by atoms with E-state index in [4.69, 9.17) is 0 Å². The normalized spacial score (nSPS) is 10.7. The van der Waals surface area contributed by atoms with Crippen LogP contribution in [0.2, 0.25) is 0 Å². The standard InChI is InChI=1S/C12H11BrN2OS/c1-8(6-17)5-15-7-14-11-3-2-9(13)4-10(11)12(15)16/h2-4,7,17H,1,5-6H2. The molecule has 2 aromatic rings. The molecule has 88 valence electrons. The number of halogens is 1. The zero-order valence-electron chi connectivity index (χ0n) is 9.06. The lowest BCUT2D eigenvalue weighted by molar-refractivity contribution is 0.740. The molecule has 0 unspecified atom stereocenters. The molecular formula is C12H11BrN2OS. The Morgan fingerprint density at radius 2 is 2.29 bits per heavy atom. The summed E-state index contributed by atoms with van der Waals surface area (Å²) in [6.07, 6.45) is 1.55. The van der Waals surface area contributed by atoms with Crippen molar-refractivity contribution in [1.82, 2.24) is 9.55 Å². The average molecular weight is 311 g/mol. The van der Waals surface area contributed by atoms with Gasteiger partial charge in [0.25, 0.3) is 5.56 Å². The van der Waals surface area contributed by atoms with Gasteiger partial charge in [0.1, 0.15) is 0 Å². The van der Waals surface area contributed by atoms with Crippen LogP contribution in [0.25, 0.3) is 10.9 Å². The molecule has 0 radical (unpaired) electrons. The van der Waals surface area contributed by atoms with Crippen LogP contribution >= 0.6 is 28.6 Å². The van der Waals surface area contributed by atoms with Crippen LogP contribution in [-0.4, -0.2) is 15.3 Å². The quantitative estimate of drug-likeness (QED) is 0.698. The molecule has 0 saturated carbocycles. The summed E-state index contributed by atoms with van der Waals surface area (Å²) in [6, 6.07) is 5.47. The Bertz CT molecular complexity index is 636. The molecule has 1 aromatic heterocycles. The van der Waals surface area contributed by atoms with E-state index in [1.54, 1.807) is 17.0 Å². The summed E-state index contributed by atoms with van der Waals surface area (Å²) in [5.41, 5.74) is 1.52. The fourth-order valence-electron chi connectivity index (χ4n) is 1.53. The molecule has 0 amide bonds. The Morgan fingerprint density at radius 1 is 1.53 bits per heavy atom. The van der Waals surface area contributed by atoms with E-state index in [9.17, 15) is 4.79 Å². The number of aromatic nitrogens is 2. The number of hydrogen-bond acceptors (Lipinski definition) is 3. The molecule has 0 spiro atoms. The third kappa shape index (κ3) is 2.61. The van der Waals surface area contributed by atoms with Gasteiger partial charge in [-0.3, -0.25) is 9.36 Å². The van der Waals surface area contributed by atoms with E-state index in [-0.39, 0.29) is 5.56 Å². The fraction of sp³-hybridized carbons (Fsp3) is 0.167. The maximum Gasteiger partial charge on any atom is 0.261 e. The Balaban J connectivity index is 2.57. The molecule has 0 atom stereocenters. The topological polar surface area (TPSA) is 34.9 Å². The third-order valence-corrected chi connectivity index (χ3v) is 3.34. The van der Waals surface area contributed by atoms with Crippen molar-refractivity contribution in [3.8, 4) is 0 Å². The van der Waals surface area contributed by atoms with Gasteiger partial charge in [0.05, 0.1) is 17.2 Å². The number of hydrogen-bond donors (Lipinski definition) is 1. The van der Waals surface area contributed by atoms with Gasteiger partial charge < -0.3 is 0 Å². The largest absolute Gasteiger partial charge is 0.295 e. The zero-order chi connectivity index (χ0) is 12.4. The summed E-state index contributed by atoms with van der Waals surface area (Å²) in [5.74, 6) is 0.558. The number of fused-ring (bicyclic) bond motifs is 1. The van der Waals surface area contributed by atoms with E-state index in [1.807, 2.05) is 12.1 Å². The first-order valence-electron chi connectivity index (χ1n) is 5.04. The highest BCUT2D eigenvalue weighted by Gasteiger charge is 2.05. The monoisotopic (exact) mass is 310 g/mol. The SMILES string of the molecule is C=C(CS)Cn1cnc2ccc(Br)cc2c1=O. The van der Waals surface area contributed by atoms with Crippen molar-refractivity contribution in [3.05, 3.63) is 51.5 Å². The van der Waals surface area contributed by atoms with E-state index < -0.39 is 0 Å². The smallest absolute Gasteiger partial charge is 0.261 e. The van der Waals surface area contributed by atoms with Crippen LogP contribution in [0.5, 0.6) is 0 Å². The van der Waals surface area contributed by atoms with Gasteiger partial charge in [-0.05, 0) is 23.8 Å².